The summed E-state index contributed by atoms with van der Waals surface area (Å²) in [4.78, 5) is 72.5. The van der Waals surface area contributed by atoms with E-state index in [0.717, 1.165) is 107 Å². The number of Topliss-reactive ketones (excluding diaryl/α,β-unsaturated/α-hetero) is 3. The molecule has 27 heteroatoms. The Balaban J connectivity index is 0.000000183. The van der Waals surface area contributed by atoms with Gasteiger partial charge in [0.25, 0.3) is 0 Å². The summed E-state index contributed by atoms with van der Waals surface area (Å²) >= 11 is 5.42. The Bertz CT molecular complexity index is 3770. The minimum absolute atomic E-state index is 0.0278. The van der Waals surface area contributed by atoms with Crippen LogP contribution in [0, 0.1) is 0 Å². The second kappa shape index (κ2) is 41.6. The van der Waals surface area contributed by atoms with Crippen molar-refractivity contribution in [1.82, 2.24) is 19.9 Å². The molecule has 0 radical (unpaired) electrons. The number of halogens is 1. The van der Waals surface area contributed by atoms with Crippen molar-refractivity contribution in [2.24, 2.45) is 15.3 Å². The van der Waals surface area contributed by atoms with Gasteiger partial charge in [0.15, 0.2) is 17.4 Å². The number of aromatic nitrogens is 4. The molecule has 109 heavy (non-hydrogen) atoms. The zero-order valence-corrected chi connectivity index (χ0v) is 68.9. The van der Waals surface area contributed by atoms with Gasteiger partial charge < -0.3 is 43.6 Å². The quantitative estimate of drug-likeness (QED) is 0.0865. The number of carbonyl (C=O) groups excluding carboxylic acids is 5. The maximum absolute atomic E-state index is 12.9. The highest BCUT2D eigenvalue weighted by molar-refractivity contribution is 7.86. The van der Waals surface area contributed by atoms with Crippen molar-refractivity contribution in [3.05, 3.63) is 155 Å². The number of hydrogen-bond donors (Lipinski definition) is 2. The number of benzene rings is 3. The summed E-state index contributed by atoms with van der Waals surface area (Å²) in [5, 5.41) is 5.16. The molecule has 3 unspecified atom stereocenters. The summed E-state index contributed by atoms with van der Waals surface area (Å²) in [5.74, 6) is 0.478. The molecule has 8 fully saturated rings. The van der Waals surface area contributed by atoms with Gasteiger partial charge in [0, 0.05) is 152 Å². The fourth-order valence-corrected chi connectivity index (χ4v) is 15.7. The second-order valence-electron chi connectivity index (χ2n) is 31.5. The summed E-state index contributed by atoms with van der Waals surface area (Å²) < 4.78 is 82.4. The average molecular weight is 1590 g/mol. The van der Waals surface area contributed by atoms with Gasteiger partial charge in [-0.2, -0.15) is 4.40 Å². The van der Waals surface area contributed by atoms with Crippen LogP contribution in [0.25, 0.3) is 0 Å². The fourth-order valence-electron chi connectivity index (χ4n) is 13.5. The monoisotopic (exact) mass is 1590 g/mol. The number of ketones is 3. The van der Waals surface area contributed by atoms with E-state index in [1.54, 1.807) is 13.8 Å². The van der Waals surface area contributed by atoms with E-state index < -0.39 is 44.7 Å². The van der Waals surface area contributed by atoms with Crippen LogP contribution < -0.4 is 10.9 Å². The molecule has 5 aromatic rings. The Morgan fingerprint density at radius 3 is 1.17 bits per heavy atom. The van der Waals surface area contributed by atoms with E-state index in [-0.39, 0.29) is 53.3 Å². The molecule has 3 spiro atoms. The van der Waals surface area contributed by atoms with Crippen LogP contribution >= 0.6 is 11.6 Å². The number of carbonyl (C=O) groups is 5. The molecule has 600 valence electrons. The minimum Gasteiger partial charge on any atom is -0.462 e. The van der Waals surface area contributed by atoms with Gasteiger partial charge in [0.05, 0.1) is 84.5 Å². The highest BCUT2D eigenvalue weighted by Crippen LogP contribution is 2.48. The lowest BCUT2D eigenvalue weighted by Crippen LogP contribution is -2.46. The Morgan fingerprint density at radius 2 is 0.807 bits per heavy atom. The van der Waals surface area contributed by atoms with E-state index in [2.05, 4.69) is 93.6 Å². The van der Waals surface area contributed by atoms with Gasteiger partial charge in [-0.3, -0.25) is 23.7 Å². The van der Waals surface area contributed by atoms with Gasteiger partial charge in [-0.05, 0) is 156 Å². The van der Waals surface area contributed by atoms with E-state index in [1.165, 1.54) is 35.9 Å². The third-order valence-corrected chi connectivity index (χ3v) is 25.5. The molecule has 3 saturated heterocycles. The Hall–Kier alpha value is -6.14. The lowest BCUT2D eigenvalue weighted by molar-refractivity contribution is -0.184. The maximum atomic E-state index is 12.9. The first-order valence-corrected chi connectivity index (χ1v) is 42.1. The molecule has 23 nitrogen and oxygen atoms in total. The number of esters is 2. The topological polar surface area (TPSA) is 326 Å². The normalized spacial score (nSPS) is 20.8. The van der Waals surface area contributed by atoms with Gasteiger partial charge in [0.2, 0.25) is 5.28 Å². The Morgan fingerprint density at radius 1 is 0.468 bits per heavy atom. The molecule has 3 aliphatic heterocycles. The molecule has 0 amide bonds. The van der Waals surface area contributed by atoms with E-state index >= 15 is 0 Å². The van der Waals surface area contributed by atoms with Crippen LogP contribution in [0.5, 0.6) is 0 Å². The van der Waals surface area contributed by atoms with Crippen molar-refractivity contribution < 1.29 is 74.5 Å². The molecule has 5 heterocycles. The molecule has 5 saturated carbocycles. The minimum atomic E-state index is -1.18. The number of rotatable bonds is 12. The smallest absolute Gasteiger partial charge is 0.341 e. The second-order valence-corrected chi connectivity index (χ2v) is 37.8. The van der Waals surface area contributed by atoms with E-state index in [9.17, 15) is 36.6 Å². The van der Waals surface area contributed by atoms with Gasteiger partial charge in [-0.25, -0.2) is 37.9 Å². The Kier molecular flexibility index (Phi) is 34.4. The van der Waals surface area contributed by atoms with Crippen LogP contribution in [0.15, 0.2) is 120 Å². The SMILES string of the molecule is CC(C)(C)S(=O)CC1(c2ccccc2)CCC2(CC1)OCCO2.CC(C)(C)S(=O)N=C1CCC2(CC1)OCCO2.CC(C)(C)S(N)=O.CCOC(=O)c1cnc(CC2(c3ccccc3)CCC(=O)CC2)nc1.CCOC(=O)c1cnc(Cl)nc1.NC1(c2ccccc2)CCC(=O)CC1.O=C1CCC2(CC1)OCCO2. The molecular weight excluding hydrogens is 1470 g/mol. The number of ether oxygens (including phenoxy) is 8. The lowest BCUT2D eigenvalue weighted by atomic mass is 9.67. The van der Waals surface area contributed by atoms with Gasteiger partial charge in [0.1, 0.15) is 34.2 Å². The van der Waals surface area contributed by atoms with Gasteiger partial charge >= 0.3 is 11.9 Å². The first kappa shape index (κ1) is 90.1. The van der Waals surface area contributed by atoms with E-state index in [0.29, 0.717) is 132 Å². The summed E-state index contributed by atoms with van der Waals surface area (Å²) in [5.41, 5.74) is 11.3. The largest absolute Gasteiger partial charge is 0.462 e. The highest BCUT2D eigenvalue weighted by atomic mass is 35.5. The van der Waals surface area contributed by atoms with Crippen molar-refractivity contribution in [3.63, 3.8) is 0 Å². The Labute approximate surface area is 657 Å². The van der Waals surface area contributed by atoms with Crippen molar-refractivity contribution in [2.45, 2.75) is 259 Å². The summed E-state index contributed by atoms with van der Waals surface area (Å²) in [7, 11) is -3.19. The average Bonchev–Trinajstić information content (AvgIpc) is 1.74. The van der Waals surface area contributed by atoms with Crippen LogP contribution in [0.2, 0.25) is 5.28 Å². The summed E-state index contributed by atoms with van der Waals surface area (Å²) in [6, 6.07) is 31.0. The molecular formula is C82H116ClN7O16S3. The van der Waals surface area contributed by atoms with Crippen LogP contribution in [0.4, 0.5) is 0 Å². The molecule has 3 aromatic carbocycles. The first-order valence-electron chi connectivity index (χ1n) is 38.1. The maximum Gasteiger partial charge on any atom is 0.341 e. The molecule has 4 N–H and O–H groups in total. The third kappa shape index (κ3) is 27.9. The summed E-state index contributed by atoms with van der Waals surface area (Å²) in [6.45, 7) is 25.9. The first-order chi connectivity index (χ1) is 51.6. The number of nitrogens with zero attached hydrogens (tertiary/aromatic N) is 5. The molecule has 8 aliphatic rings. The molecule has 5 aliphatic carbocycles. The van der Waals surface area contributed by atoms with Crippen LogP contribution in [-0.2, 0) is 108 Å². The van der Waals surface area contributed by atoms with Crippen molar-refractivity contribution >= 4 is 79.4 Å². The van der Waals surface area contributed by atoms with Gasteiger partial charge in [-0.1, -0.05) is 91.0 Å². The fraction of sp³-hybridized carbons (Fsp3) is 0.610. The predicted molar refractivity (Wildman–Crippen MR) is 425 cm³/mol. The highest BCUT2D eigenvalue weighted by Gasteiger charge is 2.49. The molecule has 0 bridgehead atoms. The number of hydrogen-bond acceptors (Lipinski definition) is 21. The van der Waals surface area contributed by atoms with Crippen LogP contribution in [0.1, 0.15) is 248 Å². The predicted octanol–water partition coefficient (Wildman–Crippen LogP) is 13.8. The van der Waals surface area contributed by atoms with Crippen molar-refractivity contribution in [3.8, 4) is 0 Å². The number of nitrogens with two attached hydrogens (primary N) is 2. The lowest BCUT2D eigenvalue weighted by Gasteiger charge is -2.44. The summed E-state index contributed by atoms with van der Waals surface area (Å²) in [6.07, 6.45) is 21.8. The molecule has 2 aromatic heterocycles. The van der Waals surface area contributed by atoms with Crippen molar-refractivity contribution in [1.29, 1.82) is 0 Å². The van der Waals surface area contributed by atoms with E-state index in [4.69, 9.17) is 60.4 Å². The van der Waals surface area contributed by atoms with Crippen molar-refractivity contribution in [2.75, 3.05) is 58.6 Å². The molecule has 3 atom stereocenters. The zero-order chi connectivity index (χ0) is 79.6. The van der Waals surface area contributed by atoms with Crippen LogP contribution in [0.3, 0.4) is 0 Å². The van der Waals surface area contributed by atoms with Crippen LogP contribution in [-0.4, -0.2) is 158 Å². The standard InChI is InChI=1S/C20H22N2O3.C19H28O3S.C12H21NO3S.C12H15NO.C8H12O3.C7H7ClN2O2.C4H11NOS/c1-2-25-19(24)15-13-21-18(22-14-15)12-20(10-8-17(23)9-11-20)16-6-4-3-5-7-16;1-17(2,3)23(20)15-18(16-7-5-4-6-8-16)9-11-19(12-10-18)21-13-14-22-19;1-11(2,3)17(14)13-10-4-6-12(7-5-10)15-8-9-16-12;13-12(8-6-11(14)7-9-12)10-4-2-1-3-5-10;9-7-1-3-8(4-2-7)10-5-6-11-8;1-2-12-6(11)5-3-9-7(8)10-4-5;1-4(2,3)7(5)6/h3-7,13-14H,2,8-12H2,1H3;4-8H,9-15H2,1-3H3;4-9H2,1-3H3;1-5H,6-9,13H2;1-6H2;3-4H,2H2,1H3;5H2,1-3H3. The van der Waals surface area contributed by atoms with Gasteiger partial charge in [-0.15, -0.1) is 0 Å². The molecule has 13 rings (SSSR count). The van der Waals surface area contributed by atoms with E-state index in [1.807, 2.05) is 84.0 Å². The zero-order valence-electron chi connectivity index (χ0n) is 65.7. The third-order valence-electron chi connectivity index (χ3n) is 20.4.